The minimum Gasteiger partial charge on any atom is -0.474 e. The lowest BCUT2D eigenvalue weighted by Crippen LogP contribution is -2.46. The predicted molar refractivity (Wildman–Crippen MR) is 133 cm³/mol. The number of rotatable bonds is 5. The molecule has 5 heterocycles. The summed E-state index contributed by atoms with van der Waals surface area (Å²) in [5.41, 5.74) is 2.11. The monoisotopic (exact) mass is 491 g/mol. The number of halogens is 1. The van der Waals surface area contributed by atoms with Crippen LogP contribution in [0, 0.1) is 12.7 Å². The number of carbonyl (C=O) groups is 1. The van der Waals surface area contributed by atoms with E-state index in [1.165, 1.54) is 5.69 Å². The molecule has 2 saturated heterocycles. The average molecular weight is 492 g/mol. The molecule has 0 unspecified atom stereocenters. The molecule has 2 atom stereocenters. The number of nitrogens with one attached hydrogen (secondary N) is 3. The molecule has 3 aromatic rings. The molecule has 3 N–H and O–H groups in total. The lowest BCUT2D eigenvalue weighted by Gasteiger charge is -2.30. The highest BCUT2D eigenvalue weighted by atomic mass is 19.1. The van der Waals surface area contributed by atoms with Crippen LogP contribution in [0.3, 0.4) is 0 Å². The zero-order valence-electron chi connectivity index (χ0n) is 20.1. The first-order valence-corrected chi connectivity index (χ1v) is 11.8. The van der Waals surface area contributed by atoms with Gasteiger partial charge >= 0.3 is 0 Å². The van der Waals surface area contributed by atoms with Gasteiger partial charge in [-0.1, -0.05) is 0 Å². The molecule has 0 radical (unpaired) electrons. The van der Waals surface area contributed by atoms with Crippen molar-refractivity contribution >= 4 is 40.7 Å². The fraction of sp³-hybridized carbons (Fsp3) is 0.360. The van der Waals surface area contributed by atoms with Crippen LogP contribution in [-0.4, -0.2) is 51.8 Å². The number of hydrogen-bond acceptors (Lipinski definition) is 9. The van der Waals surface area contributed by atoms with Gasteiger partial charge in [-0.05, 0) is 63.1 Å². The summed E-state index contributed by atoms with van der Waals surface area (Å²) in [5.74, 6) is 0.214. The number of hydrogen-bond donors (Lipinski definition) is 3. The van der Waals surface area contributed by atoms with Crippen molar-refractivity contribution < 1.29 is 18.7 Å². The van der Waals surface area contributed by atoms with Crippen LogP contribution in [0.25, 0.3) is 0 Å². The smallest absolute Gasteiger partial charge is 0.269 e. The lowest BCUT2D eigenvalue weighted by molar-refractivity contribution is -0.129. The molecule has 6 rings (SSSR count). The minimum atomic E-state index is -0.998. The first-order chi connectivity index (χ1) is 17.2. The number of benzene rings is 1. The van der Waals surface area contributed by atoms with Gasteiger partial charge in [-0.3, -0.25) is 4.79 Å². The highest BCUT2D eigenvalue weighted by molar-refractivity contribution is 5.99. The van der Waals surface area contributed by atoms with Crippen LogP contribution < -0.4 is 25.6 Å². The Morgan fingerprint density at radius 3 is 2.81 bits per heavy atom. The fourth-order valence-electron chi connectivity index (χ4n) is 4.78. The molecule has 186 valence electrons. The maximum Gasteiger partial charge on any atom is 0.269 e. The van der Waals surface area contributed by atoms with Gasteiger partial charge in [0.25, 0.3) is 5.91 Å². The summed E-state index contributed by atoms with van der Waals surface area (Å²) in [4.78, 5) is 27.3. The molecule has 1 aromatic carbocycles. The number of fused-ring (bicyclic) bond motifs is 3. The minimum absolute atomic E-state index is 0.0511. The molecule has 10 nitrogen and oxygen atoms in total. The predicted octanol–water partition coefficient (Wildman–Crippen LogP) is 3.89. The third kappa shape index (κ3) is 4.05. The Kier molecular flexibility index (Phi) is 5.18. The average Bonchev–Trinajstić information content (AvgIpc) is 3.46. The van der Waals surface area contributed by atoms with Crippen molar-refractivity contribution in [2.75, 3.05) is 34.0 Å². The Bertz CT molecular complexity index is 1370. The zero-order chi connectivity index (χ0) is 25.0. The molecule has 2 bridgehead atoms. The van der Waals surface area contributed by atoms with E-state index in [-0.39, 0.29) is 23.5 Å². The maximum atomic E-state index is 14.5. The van der Waals surface area contributed by atoms with E-state index in [0.717, 1.165) is 37.0 Å². The Balaban J connectivity index is 1.19. The first kappa shape index (κ1) is 22.5. The van der Waals surface area contributed by atoms with Gasteiger partial charge in [0.1, 0.15) is 5.82 Å². The Hall–Kier alpha value is -3.99. The van der Waals surface area contributed by atoms with Crippen LogP contribution in [0.1, 0.15) is 25.8 Å². The number of amides is 1. The molecule has 3 aliphatic rings. The molecule has 11 heteroatoms. The van der Waals surface area contributed by atoms with Crippen molar-refractivity contribution in [2.45, 2.75) is 44.9 Å². The lowest BCUT2D eigenvalue weighted by atomic mass is 10.1. The molecule has 3 aliphatic heterocycles. The molecule has 0 saturated carbocycles. The van der Waals surface area contributed by atoms with E-state index < -0.39 is 11.4 Å². The van der Waals surface area contributed by atoms with E-state index in [1.807, 2.05) is 12.1 Å². The van der Waals surface area contributed by atoms with Crippen molar-refractivity contribution in [1.82, 2.24) is 15.0 Å². The van der Waals surface area contributed by atoms with Gasteiger partial charge in [-0.25, -0.2) is 14.4 Å². The number of pyridine rings is 1. The number of nitrogens with zero attached hydrogens (tertiary/aromatic N) is 4. The van der Waals surface area contributed by atoms with Gasteiger partial charge in [0.15, 0.2) is 28.8 Å². The van der Waals surface area contributed by atoms with E-state index >= 15 is 0 Å². The van der Waals surface area contributed by atoms with Crippen molar-refractivity contribution in [3.05, 3.63) is 47.9 Å². The second-order valence-corrected chi connectivity index (χ2v) is 9.75. The van der Waals surface area contributed by atoms with Crippen molar-refractivity contribution in [1.29, 1.82) is 0 Å². The Labute approximate surface area is 207 Å². The molecule has 0 aliphatic carbocycles. The van der Waals surface area contributed by atoms with Crippen LogP contribution in [0.5, 0.6) is 5.75 Å². The summed E-state index contributed by atoms with van der Waals surface area (Å²) in [7, 11) is 0. The van der Waals surface area contributed by atoms with Gasteiger partial charge in [0, 0.05) is 17.9 Å². The second-order valence-electron chi connectivity index (χ2n) is 9.75. The van der Waals surface area contributed by atoms with Gasteiger partial charge < -0.3 is 30.3 Å². The summed E-state index contributed by atoms with van der Waals surface area (Å²) in [6.07, 6.45) is 2.49. The van der Waals surface area contributed by atoms with E-state index in [2.05, 4.69) is 48.8 Å². The van der Waals surface area contributed by atoms with Gasteiger partial charge in [-0.15, -0.1) is 0 Å². The van der Waals surface area contributed by atoms with E-state index in [9.17, 15) is 9.18 Å². The maximum absolute atomic E-state index is 14.5. The zero-order valence-corrected chi connectivity index (χ0v) is 20.1. The number of anilines is 6. The van der Waals surface area contributed by atoms with E-state index in [4.69, 9.17) is 9.47 Å². The van der Waals surface area contributed by atoms with E-state index in [0.29, 0.717) is 23.7 Å². The highest BCUT2D eigenvalue weighted by Gasteiger charge is 2.39. The Morgan fingerprint density at radius 2 is 2.06 bits per heavy atom. The SMILES string of the molecule is Cc1cc(Nc2ncc(F)c(Nc3ccc4c(n3)NC(=O)C(C)(C)O4)n2)ccc1N1C[C@@H]2C[C@@H]1CO2. The van der Waals surface area contributed by atoms with Crippen molar-refractivity contribution in [3.63, 3.8) is 0 Å². The molecule has 2 aromatic heterocycles. The normalized spacial score (nSPS) is 21.6. The van der Waals surface area contributed by atoms with Gasteiger partial charge in [0.05, 0.1) is 24.9 Å². The molecule has 1 amide bonds. The van der Waals surface area contributed by atoms with Crippen molar-refractivity contribution in [2.24, 2.45) is 0 Å². The third-order valence-electron chi connectivity index (χ3n) is 6.66. The summed E-state index contributed by atoms with van der Waals surface area (Å²) in [6, 6.07) is 9.79. The largest absolute Gasteiger partial charge is 0.474 e. The van der Waals surface area contributed by atoms with Crippen LogP contribution >= 0.6 is 0 Å². The topological polar surface area (TPSA) is 114 Å². The summed E-state index contributed by atoms with van der Waals surface area (Å²) < 4.78 is 25.9. The number of aromatic nitrogens is 3. The third-order valence-corrected chi connectivity index (χ3v) is 6.66. The van der Waals surface area contributed by atoms with Crippen molar-refractivity contribution in [3.8, 4) is 5.75 Å². The number of morpholine rings is 1. The second kappa shape index (κ2) is 8.30. The summed E-state index contributed by atoms with van der Waals surface area (Å²) in [5, 5.41) is 8.71. The van der Waals surface area contributed by atoms with E-state index in [1.54, 1.807) is 26.0 Å². The van der Waals surface area contributed by atoms with Crippen LogP contribution in [-0.2, 0) is 9.53 Å². The van der Waals surface area contributed by atoms with Crippen LogP contribution in [0.4, 0.5) is 39.2 Å². The summed E-state index contributed by atoms with van der Waals surface area (Å²) >= 11 is 0. The first-order valence-electron chi connectivity index (χ1n) is 11.8. The summed E-state index contributed by atoms with van der Waals surface area (Å²) in [6.45, 7) is 7.10. The standard InChI is InChI=1S/C25H26FN7O3/c1-13-8-14(4-5-18(13)33-11-16-9-15(33)12-35-16)28-24-27-10-17(26)21(32-24)29-20-7-6-19-22(30-20)31-23(34)25(2,3)36-19/h4-8,10,15-16H,9,11-12H2,1-3H3,(H3,27,28,29,30,31,32,34)/t15-,16+/m1/s1. The quantitative estimate of drug-likeness (QED) is 0.489. The molecular weight excluding hydrogens is 465 g/mol. The number of carbonyl (C=O) groups excluding carboxylic acids is 1. The highest BCUT2D eigenvalue weighted by Crippen LogP contribution is 2.36. The molecule has 2 fully saturated rings. The fourth-order valence-corrected chi connectivity index (χ4v) is 4.78. The molecule has 0 spiro atoms. The number of aryl methyl sites for hydroxylation is 1. The Morgan fingerprint density at radius 1 is 1.19 bits per heavy atom. The van der Waals surface area contributed by atoms with Crippen LogP contribution in [0.2, 0.25) is 0 Å². The number of ether oxygens (including phenoxy) is 2. The molecule has 36 heavy (non-hydrogen) atoms. The van der Waals surface area contributed by atoms with Gasteiger partial charge in [0.2, 0.25) is 5.95 Å². The molecular formula is C25H26FN7O3. The van der Waals surface area contributed by atoms with Gasteiger partial charge in [-0.2, -0.15) is 4.98 Å². The van der Waals surface area contributed by atoms with Crippen LogP contribution in [0.15, 0.2) is 36.5 Å².